The largest absolute Gasteiger partial charge is 0.378 e. The summed E-state index contributed by atoms with van der Waals surface area (Å²) >= 11 is 0. The van der Waals surface area contributed by atoms with Gasteiger partial charge in [0.15, 0.2) is 0 Å². The van der Waals surface area contributed by atoms with E-state index in [0.29, 0.717) is 11.9 Å². The molecule has 1 aliphatic rings. The Morgan fingerprint density at radius 2 is 2.05 bits per heavy atom. The lowest BCUT2D eigenvalue weighted by molar-refractivity contribution is 0.0134. The molecule has 1 unspecified atom stereocenters. The van der Waals surface area contributed by atoms with E-state index in [2.05, 4.69) is 34.6 Å². The van der Waals surface area contributed by atoms with Crippen molar-refractivity contribution in [1.29, 1.82) is 0 Å². The first-order chi connectivity index (χ1) is 10.1. The van der Waals surface area contributed by atoms with Crippen LogP contribution >= 0.6 is 0 Å². The zero-order valence-electron chi connectivity index (χ0n) is 13.3. The van der Waals surface area contributed by atoms with Crippen molar-refractivity contribution in [3.05, 3.63) is 11.4 Å². The van der Waals surface area contributed by atoms with E-state index in [0.717, 1.165) is 43.2 Å². The minimum absolute atomic E-state index is 0.264. The normalized spacial score (nSPS) is 18.8. The molecule has 1 atom stereocenters. The number of hydrazine groups is 1. The van der Waals surface area contributed by atoms with Gasteiger partial charge in [0, 0.05) is 24.6 Å². The third-order valence-electron chi connectivity index (χ3n) is 3.85. The van der Waals surface area contributed by atoms with E-state index < -0.39 is 0 Å². The third-order valence-corrected chi connectivity index (χ3v) is 3.85. The highest BCUT2D eigenvalue weighted by molar-refractivity contribution is 5.56. The molecule has 4 N–H and O–H groups in total. The zero-order valence-corrected chi connectivity index (χ0v) is 13.3. The van der Waals surface area contributed by atoms with E-state index >= 15 is 0 Å². The van der Waals surface area contributed by atoms with Gasteiger partial charge in [0.05, 0.1) is 6.10 Å². The number of hydrogen-bond donors (Lipinski definition) is 3. The Morgan fingerprint density at radius 3 is 2.67 bits per heavy atom. The number of nitrogens with one attached hydrogen (secondary N) is 2. The number of nitrogens with zero attached hydrogens (tertiary/aromatic N) is 2. The molecule has 1 aromatic heterocycles. The number of anilines is 2. The summed E-state index contributed by atoms with van der Waals surface area (Å²) in [6.07, 6.45) is 5.02. The fraction of sp³-hybridized carbons (Fsp3) is 0.733. The Kier molecular flexibility index (Phi) is 5.76. The van der Waals surface area contributed by atoms with Crippen molar-refractivity contribution in [2.75, 3.05) is 23.9 Å². The molecule has 1 aliphatic heterocycles. The second kappa shape index (κ2) is 7.56. The van der Waals surface area contributed by atoms with Crippen LogP contribution in [0.1, 0.15) is 56.8 Å². The standard InChI is InChI=1S/C15H27N5O/c1-10(2)13-18-14(11(3)15(19-13)20-16)17-8-7-12-6-4-5-9-21-12/h10,12H,4-9,16H2,1-3H3,(H2,17,18,19,20). The molecule has 2 heterocycles. The Hall–Kier alpha value is -1.40. The van der Waals surface area contributed by atoms with Crippen molar-refractivity contribution in [3.63, 3.8) is 0 Å². The van der Waals surface area contributed by atoms with Gasteiger partial charge < -0.3 is 15.5 Å². The van der Waals surface area contributed by atoms with E-state index in [1.807, 2.05) is 6.92 Å². The molecule has 0 spiro atoms. The van der Waals surface area contributed by atoms with Crippen molar-refractivity contribution >= 4 is 11.6 Å². The minimum atomic E-state index is 0.264. The molecular weight excluding hydrogens is 266 g/mol. The molecule has 0 saturated carbocycles. The maximum atomic E-state index is 5.75. The first-order valence-electron chi connectivity index (χ1n) is 7.82. The fourth-order valence-corrected chi connectivity index (χ4v) is 2.49. The second-order valence-corrected chi connectivity index (χ2v) is 5.91. The summed E-state index contributed by atoms with van der Waals surface area (Å²) in [6, 6.07) is 0. The summed E-state index contributed by atoms with van der Waals surface area (Å²) in [4.78, 5) is 9.04. The first-order valence-corrected chi connectivity index (χ1v) is 7.82. The average Bonchev–Trinajstić information content (AvgIpc) is 2.49. The Balaban J connectivity index is 1.99. The van der Waals surface area contributed by atoms with Crippen molar-refractivity contribution in [2.45, 2.75) is 58.5 Å². The van der Waals surface area contributed by atoms with Gasteiger partial charge >= 0.3 is 0 Å². The van der Waals surface area contributed by atoms with Crippen LogP contribution in [0.15, 0.2) is 0 Å². The number of rotatable bonds is 6. The Morgan fingerprint density at radius 1 is 1.29 bits per heavy atom. The van der Waals surface area contributed by atoms with Gasteiger partial charge in [-0.3, -0.25) is 0 Å². The maximum absolute atomic E-state index is 5.75. The summed E-state index contributed by atoms with van der Waals surface area (Å²) in [5, 5.41) is 3.40. The average molecular weight is 293 g/mol. The van der Waals surface area contributed by atoms with Crippen molar-refractivity contribution in [1.82, 2.24) is 9.97 Å². The van der Waals surface area contributed by atoms with Crippen LogP contribution in [0.4, 0.5) is 11.6 Å². The van der Waals surface area contributed by atoms with Crippen LogP contribution < -0.4 is 16.6 Å². The quantitative estimate of drug-likeness (QED) is 0.552. The van der Waals surface area contributed by atoms with Gasteiger partial charge in [0.25, 0.3) is 0 Å². The number of ether oxygens (including phenoxy) is 1. The van der Waals surface area contributed by atoms with E-state index in [4.69, 9.17) is 10.6 Å². The lowest BCUT2D eigenvalue weighted by Gasteiger charge is -2.23. The van der Waals surface area contributed by atoms with Crippen molar-refractivity contribution in [3.8, 4) is 0 Å². The number of hydrogen-bond acceptors (Lipinski definition) is 6. The fourth-order valence-electron chi connectivity index (χ4n) is 2.49. The SMILES string of the molecule is Cc1c(NN)nc(C(C)C)nc1NCCC1CCCCO1. The smallest absolute Gasteiger partial charge is 0.148 e. The summed E-state index contributed by atoms with van der Waals surface area (Å²) < 4.78 is 5.75. The highest BCUT2D eigenvalue weighted by Gasteiger charge is 2.15. The molecule has 0 bridgehead atoms. The molecular formula is C15H27N5O. The van der Waals surface area contributed by atoms with Crippen molar-refractivity contribution in [2.24, 2.45) is 5.84 Å². The topological polar surface area (TPSA) is 85.1 Å². The van der Waals surface area contributed by atoms with Crippen LogP contribution in [0.2, 0.25) is 0 Å². The van der Waals surface area contributed by atoms with Crippen LogP contribution in [0.5, 0.6) is 0 Å². The van der Waals surface area contributed by atoms with E-state index in [1.54, 1.807) is 0 Å². The van der Waals surface area contributed by atoms with Gasteiger partial charge in [-0.15, -0.1) is 0 Å². The van der Waals surface area contributed by atoms with Gasteiger partial charge in [0.2, 0.25) is 0 Å². The number of aromatic nitrogens is 2. The summed E-state index contributed by atoms with van der Waals surface area (Å²) in [5.41, 5.74) is 3.61. The Labute approximate surface area is 126 Å². The zero-order chi connectivity index (χ0) is 15.2. The maximum Gasteiger partial charge on any atom is 0.148 e. The molecule has 0 radical (unpaired) electrons. The predicted octanol–water partition coefficient (Wildman–Crippen LogP) is 2.57. The molecule has 21 heavy (non-hydrogen) atoms. The molecule has 6 heteroatoms. The van der Waals surface area contributed by atoms with Crippen LogP contribution in [-0.2, 0) is 4.74 Å². The van der Waals surface area contributed by atoms with Crippen LogP contribution in [0.3, 0.4) is 0 Å². The predicted molar refractivity (Wildman–Crippen MR) is 85.4 cm³/mol. The second-order valence-electron chi connectivity index (χ2n) is 5.91. The van der Waals surface area contributed by atoms with Gasteiger partial charge in [-0.05, 0) is 32.6 Å². The summed E-state index contributed by atoms with van der Waals surface area (Å²) in [5.74, 6) is 8.15. The monoisotopic (exact) mass is 293 g/mol. The van der Waals surface area contributed by atoms with Gasteiger partial charge in [-0.2, -0.15) is 0 Å². The highest BCUT2D eigenvalue weighted by atomic mass is 16.5. The number of nitrogens with two attached hydrogens (primary N) is 1. The van der Waals surface area contributed by atoms with Crippen LogP contribution in [0.25, 0.3) is 0 Å². The molecule has 1 saturated heterocycles. The molecule has 0 aliphatic carbocycles. The Bertz CT molecular complexity index is 458. The highest BCUT2D eigenvalue weighted by Crippen LogP contribution is 2.23. The molecule has 0 aromatic carbocycles. The minimum Gasteiger partial charge on any atom is -0.378 e. The molecule has 118 valence electrons. The molecule has 2 rings (SSSR count). The van der Waals surface area contributed by atoms with E-state index in [1.165, 1.54) is 12.8 Å². The molecule has 1 aromatic rings. The van der Waals surface area contributed by atoms with Crippen LogP contribution in [-0.4, -0.2) is 29.2 Å². The van der Waals surface area contributed by atoms with Crippen molar-refractivity contribution < 1.29 is 4.74 Å². The van der Waals surface area contributed by atoms with Crippen LogP contribution in [0, 0.1) is 6.92 Å². The van der Waals surface area contributed by atoms with Gasteiger partial charge in [0.1, 0.15) is 17.5 Å². The van der Waals surface area contributed by atoms with Gasteiger partial charge in [-0.25, -0.2) is 15.8 Å². The van der Waals surface area contributed by atoms with E-state index in [9.17, 15) is 0 Å². The summed E-state index contributed by atoms with van der Waals surface area (Å²) in [7, 11) is 0. The molecule has 1 fully saturated rings. The molecule has 6 nitrogen and oxygen atoms in total. The number of nitrogen functional groups attached to an aromatic ring is 1. The first kappa shape index (κ1) is 16.0. The van der Waals surface area contributed by atoms with E-state index in [-0.39, 0.29) is 5.92 Å². The third kappa shape index (κ3) is 4.28. The molecule has 0 amide bonds. The van der Waals surface area contributed by atoms with Gasteiger partial charge in [-0.1, -0.05) is 13.8 Å². The lowest BCUT2D eigenvalue weighted by Crippen LogP contribution is -2.22. The summed E-state index contributed by atoms with van der Waals surface area (Å²) in [6.45, 7) is 7.87. The lowest BCUT2D eigenvalue weighted by atomic mass is 10.1.